The number of anilines is 1. The topological polar surface area (TPSA) is 65.5 Å². The molecule has 0 aliphatic heterocycles. The van der Waals surface area contributed by atoms with Crippen LogP contribution in [0.1, 0.15) is 0 Å². The highest BCUT2D eigenvalue weighted by Crippen LogP contribution is 2.41. The molecule has 2 rings (SSSR count). The van der Waals surface area contributed by atoms with Gasteiger partial charge in [-0.15, -0.1) is 0 Å². The van der Waals surface area contributed by atoms with Gasteiger partial charge < -0.3 is 19.5 Å². The molecule has 0 unspecified atom stereocenters. The zero-order valence-corrected chi connectivity index (χ0v) is 11.9. The van der Waals surface area contributed by atoms with Crippen molar-refractivity contribution >= 4 is 5.82 Å². The van der Waals surface area contributed by atoms with Gasteiger partial charge in [-0.3, -0.25) is 0 Å². The molecule has 0 radical (unpaired) electrons. The molecule has 0 atom stereocenters. The predicted molar refractivity (Wildman–Crippen MR) is 76.7 cm³/mol. The Hall–Kier alpha value is -2.50. The van der Waals surface area contributed by atoms with E-state index in [9.17, 15) is 0 Å². The van der Waals surface area contributed by atoms with E-state index in [1.165, 1.54) is 6.33 Å². The number of methoxy groups -OCH3 is 3. The highest BCUT2D eigenvalue weighted by atomic mass is 16.5. The maximum Gasteiger partial charge on any atom is 0.187 e. The van der Waals surface area contributed by atoms with Crippen LogP contribution in [0.4, 0.5) is 5.82 Å². The number of rotatable bonds is 5. The van der Waals surface area contributed by atoms with E-state index in [1.54, 1.807) is 28.4 Å². The SMILES string of the molecule is CNc1ncnc(-c2cccc(OC)c2OC)c1OC. The molecule has 0 bridgehead atoms. The third-order valence-electron chi connectivity index (χ3n) is 2.90. The van der Waals surface area contributed by atoms with Crippen molar-refractivity contribution in [3.05, 3.63) is 24.5 Å². The molecule has 1 heterocycles. The zero-order chi connectivity index (χ0) is 14.5. The van der Waals surface area contributed by atoms with Crippen molar-refractivity contribution in [1.82, 2.24) is 9.97 Å². The molecule has 1 aromatic carbocycles. The Labute approximate surface area is 117 Å². The smallest absolute Gasteiger partial charge is 0.187 e. The molecule has 1 N–H and O–H groups in total. The van der Waals surface area contributed by atoms with Crippen molar-refractivity contribution in [1.29, 1.82) is 0 Å². The van der Waals surface area contributed by atoms with Crippen LogP contribution in [0.3, 0.4) is 0 Å². The first-order valence-electron chi connectivity index (χ1n) is 6.04. The summed E-state index contributed by atoms with van der Waals surface area (Å²) in [6.45, 7) is 0. The Bertz CT molecular complexity index is 549. The van der Waals surface area contributed by atoms with Crippen LogP contribution in [0, 0.1) is 0 Å². The predicted octanol–water partition coefficient (Wildman–Crippen LogP) is 2.21. The van der Waals surface area contributed by atoms with E-state index in [0.717, 1.165) is 5.56 Å². The minimum Gasteiger partial charge on any atom is -0.493 e. The lowest BCUT2D eigenvalue weighted by atomic mass is 10.1. The summed E-state index contributed by atoms with van der Waals surface area (Å²) in [7, 11) is 6.54. The van der Waals surface area contributed by atoms with Gasteiger partial charge in [-0.1, -0.05) is 6.07 Å². The van der Waals surface area contributed by atoms with Crippen molar-refractivity contribution in [2.75, 3.05) is 33.7 Å². The summed E-state index contributed by atoms with van der Waals surface area (Å²) in [4.78, 5) is 8.43. The molecule has 0 aliphatic carbocycles. The van der Waals surface area contributed by atoms with E-state index in [1.807, 2.05) is 18.2 Å². The molecular weight excluding hydrogens is 258 g/mol. The van der Waals surface area contributed by atoms with Gasteiger partial charge in [-0.2, -0.15) is 0 Å². The fraction of sp³-hybridized carbons (Fsp3) is 0.286. The Kier molecular flexibility index (Phi) is 4.24. The van der Waals surface area contributed by atoms with Crippen molar-refractivity contribution in [3.8, 4) is 28.5 Å². The summed E-state index contributed by atoms with van der Waals surface area (Å²) in [6, 6.07) is 5.60. The molecule has 0 saturated heterocycles. The van der Waals surface area contributed by atoms with Crippen LogP contribution in [0.15, 0.2) is 24.5 Å². The average Bonchev–Trinajstić information content (AvgIpc) is 2.52. The molecule has 2 aromatic rings. The number of aromatic nitrogens is 2. The lowest BCUT2D eigenvalue weighted by Crippen LogP contribution is -2.02. The molecule has 0 aliphatic rings. The Morgan fingerprint density at radius 3 is 2.30 bits per heavy atom. The fourth-order valence-corrected chi connectivity index (χ4v) is 2.01. The molecule has 0 saturated carbocycles. The van der Waals surface area contributed by atoms with Gasteiger partial charge in [0, 0.05) is 7.05 Å². The van der Waals surface area contributed by atoms with Gasteiger partial charge in [-0.25, -0.2) is 9.97 Å². The van der Waals surface area contributed by atoms with E-state index in [2.05, 4.69) is 15.3 Å². The number of benzene rings is 1. The Morgan fingerprint density at radius 1 is 0.950 bits per heavy atom. The standard InChI is InChI=1S/C14H17N3O3/c1-15-14-13(20-4)11(16-8-17-14)9-6-5-7-10(18-2)12(9)19-3/h5-8H,1-4H3,(H,15,16,17). The molecule has 0 spiro atoms. The number of ether oxygens (including phenoxy) is 3. The van der Waals surface area contributed by atoms with Gasteiger partial charge in [0.2, 0.25) is 0 Å². The van der Waals surface area contributed by atoms with Crippen LogP contribution in [-0.2, 0) is 0 Å². The van der Waals surface area contributed by atoms with Gasteiger partial charge in [0.05, 0.1) is 26.9 Å². The van der Waals surface area contributed by atoms with Crippen LogP contribution >= 0.6 is 0 Å². The van der Waals surface area contributed by atoms with Crippen LogP contribution in [0.25, 0.3) is 11.3 Å². The molecule has 6 nitrogen and oxygen atoms in total. The number of nitrogens with zero attached hydrogens (tertiary/aromatic N) is 2. The minimum atomic E-state index is 0.557. The summed E-state index contributed by atoms with van der Waals surface area (Å²) in [5.41, 5.74) is 1.42. The van der Waals surface area contributed by atoms with Crippen LogP contribution in [0.2, 0.25) is 0 Å². The second-order valence-corrected chi connectivity index (χ2v) is 3.90. The summed E-state index contributed by atoms with van der Waals surface area (Å²) in [6.07, 6.45) is 1.47. The first-order chi connectivity index (χ1) is 9.76. The van der Waals surface area contributed by atoms with Gasteiger partial charge in [0.1, 0.15) is 12.0 Å². The van der Waals surface area contributed by atoms with Crippen LogP contribution in [-0.4, -0.2) is 38.3 Å². The van der Waals surface area contributed by atoms with Crippen molar-refractivity contribution < 1.29 is 14.2 Å². The van der Waals surface area contributed by atoms with Crippen molar-refractivity contribution in [3.63, 3.8) is 0 Å². The molecule has 106 valence electrons. The maximum absolute atomic E-state index is 5.43. The number of hydrogen-bond acceptors (Lipinski definition) is 6. The van der Waals surface area contributed by atoms with Gasteiger partial charge in [0.15, 0.2) is 23.1 Å². The number of para-hydroxylation sites is 1. The second-order valence-electron chi connectivity index (χ2n) is 3.90. The summed E-state index contributed by atoms with van der Waals surface area (Å²) >= 11 is 0. The Balaban J connectivity index is 2.68. The van der Waals surface area contributed by atoms with Gasteiger partial charge in [-0.05, 0) is 12.1 Å². The minimum absolute atomic E-state index is 0.557. The summed E-state index contributed by atoms with van der Waals surface area (Å²) in [5, 5.41) is 2.97. The molecule has 0 amide bonds. The second kappa shape index (κ2) is 6.10. The highest BCUT2D eigenvalue weighted by molar-refractivity contribution is 5.78. The molecule has 6 heteroatoms. The third kappa shape index (κ3) is 2.32. The first-order valence-corrected chi connectivity index (χ1v) is 6.04. The Morgan fingerprint density at radius 2 is 1.70 bits per heavy atom. The van der Waals surface area contributed by atoms with E-state index in [0.29, 0.717) is 28.8 Å². The zero-order valence-electron chi connectivity index (χ0n) is 11.9. The van der Waals surface area contributed by atoms with Gasteiger partial charge in [0.25, 0.3) is 0 Å². The lowest BCUT2D eigenvalue weighted by Gasteiger charge is -2.15. The molecule has 1 aromatic heterocycles. The van der Waals surface area contributed by atoms with Crippen LogP contribution < -0.4 is 19.5 Å². The summed E-state index contributed by atoms with van der Waals surface area (Å²) < 4.78 is 16.1. The molecule has 20 heavy (non-hydrogen) atoms. The van der Waals surface area contributed by atoms with E-state index < -0.39 is 0 Å². The highest BCUT2D eigenvalue weighted by Gasteiger charge is 2.19. The molecular formula is C14H17N3O3. The van der Waals surface area contributed by atoms with E-state index in [4.69, 9.17) is 14.2 Å². The van der Waals surface area contributed by atoms with E-state index in [-0.39, 0.29) is 0 Å². The fourth-order valence-electron chi connectivity index (χ4n) is 2.01. The van der Waals surface area contributed by atoms with Crippen molar-refractivity contribution in [2.24, 2.45) is 0 Å². The van der Waals surface area contributed by atoms with Gasteiger partial charge >= 0.3 is 0 Å². The normalized spacial score (nSPS) is 10.0. The largest absolute Gasteiger partial charge is 0.493 e. The number of nitrogens with one attached hydrogen (secondary N) is 1. The number of hydrogen-bond donors (Lipinski definition) is 1. The molecule has 0 fully saturated rings. The first kappa shape index (κ1) is 13.9. The third-order valence-corrected chi connectivity index (χ3v) is 2.90. The van der Waals surface area contributed by atoms with Crippen LogP contribution in [0.5, 0.6) is 17.2 Å². The van der Waals surface area contributed by atoms with Crippen molar-refractivity contribution in [2.45, 2.75) is 0 Å². The average molecular weight is 275 g/mol. The quantitative estimate of drug-likeness (QED) is 0.902. The summed E-state index contributed by atoms with van der Waals surface area (Å²) in [5.74, 6) is 2.41. The van der Waals surface area contributed by atoms with E-state index >= 15 is 0 Å². The lowest BCUT2D eigenvalue weighted by molar-refractivity contribution is 0.355. The monoisotopic (exact) mass is 275 g/mol. The maximum atomic E-state index is 5.43.